The van der Waals surface area contributed by atoms with Gasteiger partial charge in [-0.15, -0.1) is 0 Å². The second-order valence-electron chi connectivity index (χ2n) is 11.1. The van der Waals surface area contributed by atoms with Crippen LogP contribution in [0.2, 0.25) is 0 Å². The van der Waals surface area contributed by atoms with Crippen molar-refractivity contribution < 1.29 is 73.3 Å². The molecule has 0 radical (unpaired) electrons. The molecule has 1 aliphatic carbocycles. The van der Waals surface area contributed by atoms with Gasteiger partial charge in [0.05, 0.1) is 12.1 Å². The second-order valence-corrected chi connectivity index (χ2v) is 11.1. The van der Waals surface area contributed by atoms with E-state index in [0.29, 0.717) is 5.56 Å². The summed E-state index contributed by atoms with van der Waals surface area (Å²) in [4.78, 5) is 63.9. The summed E-state index contributed by atoms with van der Waals surface area (Å²) in [6.07, 6.45) is -7.05. The molecule has 3 atom stereocenters. The number of nitrogens with two attached hydrogens (primary N) is 1. The van der Waals surface area contributed by atoms with Crippen LogP contribution in [0.3, 0.4) is 0 Å². The van der Waals surface area contributed by atoms with Crippen molar-refractivity contribution in [2.45, 2.75) is 51.4 Å². The molecule has 0 fully saturated rings. The molecule has 0 aliphatic heterocycles. The van der Waals surface area contributed by atoms with Crippen molar-refractivity contribution in [3.63, 3.8) is 0 Å². The van der Waals surface area contributed by atoms with Crippen molar-refractivity contribution in [2.24, 2.45) is 11.1 Å². The van der Waals surface area contributed by atoms with Gasteiger partial charge in [0.15, 0.2) is 5.78 Å². The van der Waals surface area contributed by atoms with Crippen LogP contribution in [0, 0.1) is 34.5 Å². The predicted octanol–water partition coefficient (Wildman–Crippen LogP) is 4.92. The SMILES string of the molecule is C[C@H](N)C(=O)N[C@H](C)C(=O)[C@@]1(C(=O)OC(=O)C(F)(F)F)CCc2cccc(Oc3ccccc3C(=O)Oc3c(F)c(F)c(F)c(F)c3F)c2C1. The Morgan fingerprint density at radius 1 is 0.840 bits per heavy atom. The Morgan fingerprint density at radius 3 is 2.02 bits per heavy atom. The Kier molecular flexibility index (Phi) is 10.6. The molecule has 0 bridgehead atoms. The number of para-hydroxylation sites is 1. The molecule has 10 nitrogen and oxygen atoms in total. The Balaban J connectivity index is 1.74. The molecule has 0 saturated carbocycles. The van der Waals surface area contributed by atoms with Gasteiger partial charge in [-0.2, -0.15) is 22.0 Å². The molecule has 0 unspecified atom stereocenters. The van der Waals surface area contributed by atoms with E-state index in [9.17, 15) is 59.1 Å². The first kappa shape index (κ1) is 37.4. The number of carbonyl (C=O) groups is 5. The highest BCUT2D eigenvalue weighted by Gasteiger charge is 2.54. The van der Waals surface area contributed by atoms with E-state index in [-0.39, 0.29) is 17.7 Å². The number of fused-ring (bicyclic) bond motifs is 1. The molecule has 1 aliphatic rings. The molecule has 3 aromatic carbocycles. The molecule has 50 heavy (non-hydrogen) atoms. The third kappa shape index (κ3) is 7.29. The molecule has 0 spiro atoms. The summed E-state index contributed by atoms with van der Waals surface area (Å²) < 4.78 is 123. The number of amides is 1. The molecule has 4 rings (SSSR count). The standard InChI is InChI=1S/C32H24F8N2O8/c1-13(41)27(44)42-14(2)26(43)31(29(46)50-30(47)32(38,39)40)11-10-15-6-5-9-19(17(15)12-31)48-18-8-4-3-7-16(18)28(45)49-25-23(36)21(34)20(33)22(35)24(25)37/h3-9,13-14H,10-12,41H2,1-2H3,(H,42,44)/t13-,14+,31+/m0/s1. The van der Waals surface area contributed by atoms with Gasteiger partial charge in [-0.3, -0.25) is 14.4 Å². The highest BCUT2D eigenvalue weighted by atomic mass is 19.4. The minimum absolute atomic E-state index is 0.00263. The molecule has 3 aromatic rings. The summed E-state index contributed by atoms with van der Waals surface area (Å²) in [5.74, 6) is -23.1. The van der Waals surface area contributed by atoms with Crippen LogP contribution in [0.4, 0.5) is 35.1 Å². The number of ether oxygens (including phenoxy) is 3. The highest BCUT2D eigenvalue weighted by Crippen LogP contribution is 2.44. The molecule has 3 N–H and O–H groups in total. The van der Waals surface area contributed by atoms with Crippen LogP contribution in [0.25, 0.3) is 0 Å². The van der Waals surface area contributed by atoms with Crippen LogP contribution in [0.1, 0.15) is 41.8 Å². The van der Waals surface area contributed by atoms with Gasteiger partial charge in [-0.25, -0.2) is 22.8 Å². The molecular formula is C32H24F8N2O8. The Morgan fingerprint density at radius 2 is 1.42 bits per heavy atom. The quantitative estimate of drug-likeness (QED) is 0.0786. The van der Waals surface area contributed by atoms with Crippen molar-refractivity contribution in [1.82, 2.24) is 5.32 Å². The third-order valence-electron chi connectivity index (χ3n) is 7.67. The summed E-state index contributed by atoms with van der Waals surface area (Å²) in [6, 6.07) is 6.16. The normalized spacial score (nSPS) is 16.8. The van der Waals surface area contributed by atoms with Gasteiger partial charge in [0.25, 0.3) is 0 Å². The number of benzene rings is 3. The van der Waals surface area contributed by atoms with Crippen LogP contribution in [-0.2, 0) is 36.8 Å². The predicted molar refractivity (Wildman–Crippen MR) is 152 cm³/mol. The average molecular weight is 717 g/mol. The van der Waals surface area contributed by atoms with Gasteiger partial charge >= 0.3 is 24.1 Å². The number of ketones is 1. The maximum atomic E-state index is 14.2. The first-order valence-corrected chi connectivity index (χ1v) is 14.3. The van der Waals surface area contributed by atoms with E-state index in [1.807, 2.05) is 0 Å². The lowest BCUT2D eigenvalue weighted by molar-refractivity contribution is -0.205. The summed E-state index contributed by atoms with van der Waals surface area (Å²) in [5.41, 5.74) is 2.77. The zero-order chi connectivity index (χ0) is 37.3. The van der Waals surface area contributed by atoms with Crippen LogP contribution in [-0.4, -0.2) is 47.9 Å². The summed E-state index contributed by atoms with van der Waals surface area (Å²) >= 11 is 0. The lowest BCUT2D eigenvalue weighted by Gasteiger charge is -2.37. The van der Waals surface area contributed by atoms with E-state index < -0.39 is 112 Å². The zero-order valence-corrected chi connectivity index (χ0v) is 25.7. The van der Waals surface area contributed by atoms with E-state index in [0.717, 1.165) is 19.1 Å². The lowest BCUT2D eigenvalue weighted by atomic mass is 9.67. The minimum atomic E-state index is -5.62. The van der Waals surface area contributed by atoms with Gasteiger partial charge in [-0.1, -0.05) is 24.3 Å². The number of hydrogen-bond donors (Lipinski definition) is 2. The largest absolute Gasteiger partial charge is 0.491 e. The maximum Gasteiger partial charge on any atom is 0.491 e. The molecule has 1 amide bonds. The van der Waals surface area contributed by atoms with Crippen LogP contribution in [0.5, 0.6) is 17.2 Å². The monoisotopic (exact) mass is 716 g/mol. The fourth-order valence-corrected chi connectivity index (χ4v) is 5.09. The molecular weight excluding hydrogens is 692 g/mol. The highest BCUT2D eigenvalue weighted by molar-refractivity contribution is 6.10. The summed E-state index contributed by atoms with van der Waals surface area (Å²) in [6.45, 7) is 2.41. The summed E-state index contributed by atoms with van der Waals surface area (Å²) in [5, 5.41) is 2.24. The van der Waals surface area contributed by atoms with Gasteiger partial charge in [0.2, 0.25) is 40.7 Å². The summed E-state index contributed by atoms with van der Waals surface area (Å²) in [7, 11) is 0. The van der Waals surface area contributed by atoms with Gasteiger partial charge in [0.1, 0.15) is 22.5 Å². The number of aryl methyl sites for hydroxylation is 1. The molecule has 266 valence electrons. The number of rotatable bonds is 9. The van der Waals surface area contributed by atoms with E-state index in [2.05, 4.69) is 14.8 Å². The lowest BCUT2D eigenvalue weighted by Crippen LogP contribution is -2.55. The third-order valence-corrected chi connectivity index (χ3v) is 7.67. The molecule has 0 heterocycles. The van der Waals surface area contributed by atoms with E-state index >= 15 is 0 Å². The zero-order valence-electron chi connectivity index (χ0n) is 25.7. The smallest absolute Gasteiger partial charge is 0.456 e. The topological polar surface area (TPSA) is 151 Å². The Hall–Kier alpha value is -5.39. The Bertz CT molecular complexity index is 1870. The van der Waals surface area contributed by atoms with E-state index in [1.165, 1.54) is 37.3 Å². The van der Waals surface area contributed by atoms with Gasteiger partial charge < -0.3 is 25.3 Å². The average Bonchev–Trinajstić information content (AvgIpc) is 3.07. The van der Waals surface area contributed by atoms with E-state index in [4.69, 9.17) is 10.5 Å². The number of Topliss-reactive ketones (excluding diaryl/α,β-unsaturated/α-hetero) is 1. The van der Waals surface area contributed by atoms with Crippen molar-refractivity contribution in [3.05, 3.63) is 88.2 Å². The van der Waals surface area contributed by atoms with Crippen molar-refractivity contribution >= 4 is 29.6 Å². The van der Waals surface area contributed by atoms with Crippen LogP contribution >= 0.6 is 0 Å². The number of alkyl halides is 3. The number of hydrogen-bond acceptors (Lipinski definition) is 9. The van der Waals surface area contributed by atoms with Crippen LogP contribution < -0.4 is 20.5 Å². The number of carbonyl (C=O) groups excluding carboxylic acids is 5. The Labute approximate surface area is 276 Å². The fraction of sp³-hybridized carbons (Fsp3) is 0.281. The maximum absolute atomic E-state index is 14.2. The van der Waals surface area contributed by atoms with Crippen LogP contribution in [0.15, 0.2) is 42.5 Å². The minimum Gasteiger partial charge on any atom is -0.456 e. The number of halogens is 8. The fourth-order valence-electron chi connectivity index (χ4n) is 5.09. The van der Waals surface area contributed by atoms with Gasteiger partial charge in [-0.05, 0) is 62.4 Å². The van der Waals surface area contributed by atoms with Crippen molar-refractivity contribution in [1.29, 1.82) is 0 Å². The van der Waals surface area contributed by atoms with Crippen molar-refractivity contribution in [3.8, 4) is 17.2 Å². The number of nitrogens with one attached hydrogen (secondary N) is 1. The van der Waals surface area contributed by atoms with Gasteiger partial charge in [0, 0.05) is 0 Å². The second kappa shape index (κ2) is 14.2. The first-order chi connectivity index (χ1) is 23.3. The number of esters is 3. The van der Waals surface area contributed by atoms with E-state index in [1.54, 1.807) is 0 Å². The van der Waals surface area contributed by atoms with Crippen molar-refractivity contribution in [2.75, 3.05) is 0 Å². The molecule has 18 heteroatoms. The first-order valence-electron chi connectivity index (χ1n) is 14.3. The molecule has 0 saturated heterocycles. The molecule has 0 aromatic heterocycles.